The van der Waals surface area contributed by atoms with E-state index >= 15 is 0 Å². The minimum absolute atomic E-state index is 0.165. The van der Waals surface area contributed by atoms with Gasteiger partial charge in [0.15, 0.2) is 0 Å². The van der Waals surface area contributed by atoms with Gasteiger partial charge in [-0.05, 0) is 55.2 Å². The Morgan fingerprint density at radius 3 is 2.62 bits per heavy atom. The Bertz CT molecular complexity index is 498. The maximum Gasteiger partial charge on any atom is 0.222 e. The fraction of sp³-hybridized carbons (Fsp3) is 0.588. The van der Waals surface area contributed by atoms with Gasteiger partial charge in [-0.3, -0.25) is 4.79 Å². The van der Waals surface area contributed by atoms with Crippen LogP contribution in [0.25, 0.3) is 0 Å². The lowest BCUT2D eigenvalue weighted by molar-refractivity contribution is -0.130. The SMILES string of the molecule is N[C@H]1CN(C(=O)CCCc2ccc(F)cc2)C[C@@H]1C1CC1. The van der Waals surface area contributed by atoms with Crippen molar-refractivity contribution < 1.29 is 9.18 Å². The van der Waals surface area contributed by atoms with Gasteiger partial charge in [0, 0.05) is 25.6 Å². The third-order valence-electron chi connectivity index (χ3n) is 4.76. The predicted molar refractivity (Wildman–Crippen MR) is 80.1 cm³/mol. The number of amides is 1. The number of likely N-dealkylation sites (tertiary alicyclic amines) is 1. The Labute approximate surface area is 125 Å². The van der Waals surface area contributed by atoms with E-state index in [9.17, 15) is 9.18 Å². The number of carbonyl (C=O) groups is 1. The molecular formula is C17H23FN2O. The molecule has 4 heteroatoms. The van der Waals surface area contributed by atoms with Crippen LogP contribution in [0.4, 0.5) is 4.39 Å². The highest BCUT2D eigenvalue weighted by Crippen LogP contribution is 2.40. The van der Waals surface area contributed by atoms with Crippen molar-refractivity contribution in [2.75, 3.05) is 13.1 Å². The Balaban J connectivity index is 1.43. The summed E-state index contributed by atoms with van der Waals surface area (Å²) in [6, 6.07) is 6.68. The van der Waals surface area contributed by atoms with E-state index in [0.717, 1.165) is 37.4 Å². The number of carbonyl (C=O) groups excluding carboxylic acids is 1. The van der Waals surface area contributed by atoms with Gasteiger partial charge in [-0.2, -0.15) is 0 Å². The highest BCUT2D eigenvalue weighted by molar-refractivity contribution is 5.76. The molecule has 1 heterocycles. The zero-order valence-electron chi connectivity index (χ0n) is 12.3. The summed E-state index contributed by atoms with van der Waals surface area (Å²) in [7, 11) is 0. The summed E-state index contributed by atoms with van der Waals surface area (Å²) in [4.78, 5) is 14.2. The Kier molecular flexibility index (Phi) is 4.24. The van der Waals surface area contributed by atoms with Gasteiger partial charge in [0.05, 0.1) is 0 Å². The molecule has 3 rings (SSSR count). The summed E-state index contributed by atoms with van der Waals surface area (Å²) in [5, 5.41) is 0. The fourth-order valence-electron chi connectivity index (χ4n) is 3.33. The van der Waals surface area contributed by atoms with Gasteiger partial charge in [-0.1, -0.05) is 12.1 Å². The molecule has 0 radical (unpaired) electrons. The normalized spacial score (nSPS) is 25.3. The molecule has 0 spiro atoms. The van der Waals surface area contributed by atoms with Gasteiger partial charge >= 0.3 is 0 Å². The fourth-order valence-corrected chi connectivity index (χ4v) is 3.33. The number of rotatable bonds is 5. The smallest absolute Gasteiger partial charge is 0.222 e. The molecule has 1 aliphatic heterocycles. The molecule has 1 saturated heterocycles. The second-order valence-corrected chi connectivity index (χ2v) is 6.44. The largest absolute Gasteiger partial charge is 0.341 e. The summed E-state index contributed by atoms with van der Waals surface area (Å²) in [5.41, 5.74) is 7.23. The van der Waals surface area contributed by atoms with E-state index in [4.69, 9.17) is 5.73 Å². The first-order chi connectivity index (χ1) is 10.1. The van der Waals surface area contributed by atoms with Gasteiger partial charge in [-0.15, -0.1) is 0 Å². The number of benzene rings is 1. The molecule has 2 atom stereocenters. The first-order valence-electron chi connectivity index (χ1n) is 7.91. The average Bonchev–Trinajstić information content (AvgIpc) is 3.23. The van der Waals surface area contributed by atoms with Gasteiger partial charge in [-0.25, -0.2) is 4.39 Å². The standard InChI is InChI=1S/C17H23FN2O/c18-14-8-4-12(5-9-14)2-1-3-17(21)20-10-15(13-6-7-13)16(19)11-20/h4-5,8-9,13,15-16H,1-3,6-7,10-11,19H2/t15-,16+/m1/s1. The number of hydrogen-bond donors (Lipinski definition) is 1. The van der Waals surface area contributed by atoms with Crippen molar-refractivity contribution in [1.29, 1.82) is 0 Å². The number of aryl methyl sites for hydroxylation is 1. The zero-order chi connectivity index (χ0) is 14.8. The quantitative estimate of drug-likeness (QED) is 0.905. The van der Waals surface area contributed by atoms with Crippen LogP contribution in [0.15, 0.2) is 24.3 Å². The molecule has 0 unspecified atom stereocenters. The van der Waals surface area contributed by atoms with E-state index in [2.05, 4.69) is 0 Å². The first-order valence-corrected chi connectivity index (χ1v) is 7.91. The maximum absolute atomic E-state index is 12.8. The first kappa shape index (κ1) is 14.5. The van der Waals surface area contributed by atoms with Crippen LogP contribution in [-0.2, 0) is 11.2 Å². The third-order valence-corrected chi connectivity index (χ3v) is 4.76. The molecule has 3 nitrogen and oxygen atoms in total. The van der Waals surface area contributed by atoms with Crippen LogP contribution in [0.1, 0.15) is 31.2 Å². The van der Waals surface area contributed by atoms with Crippen LogP contribution >= 0.6 is 0 Å². The molecule has 1 aromatic carbocycles. The number of halogens is 1. The monoisotopic (exact) mass is 290 g/mol. The highest BCUT2D eigenvalue weighted by Gasteiger charge is 2.41. The molecule has 1 saturated carbocycles. The van der Waals surface area contributed by atoms with Crippen LogP contribution in [0.2, 0.25) is 0 Å². The molecule has 114 valence electrons. The number of hydrogen-bond acceptors (Lipinski definition) is 2. The van der Waals surface area contributed by atoms with Gasteiger partial charge in [0.2, 0.25) is 5.91 Å². The van der Waals surface area contributed by atoms with Crippen LogP contribution in [-0.4, -0.2) is 29.9 Å². The van der Waals surface area contributed by atoms with Crippen LogP contribution in [0, 0.1) is 17.7 Å². The van der Waals surface area contributed by atoms with E-state index in [1.54, 1.807) is 12.1 Å². The molecular weight excluding hydrogens is 267 g/mol. The second kappa shape index (κ2) is 6.14. The van der Waals surface area contributed by atoms with E-state index < -0.39 is 0 Å². The van der Waals surface area contributed by atoms with Gasteiger partial charge in [0.1, 0.15) is 5.82 Å². The third kappa shape index (κ3) is 3.62. The van der Waals surface area contributed by atoms with Gasteiger partial charge in [0.25, 0.3) is 0 Å². The summed E-state index contributed by atoms with van der Waals surface area (Å²) >= 11 is 0. The molecule has 2 N–H and O–H groups in total. The van der Waals surface area contributed by atoms with Crippen molar-refractivity contribution in [3.8, 4) is 0 Å². The molecule has 0 bridgehead atoms. The van der Waals surface area contributed by atoms with E-state index in [1.807, 2.05) is 4.90 Å². The van der Waals surface area contributed by atoms with Gasteiger partial charge < -0.3 is 10.6 Å². The molecule has 1 aromatic rings. The highest BCUT2D eigenvalue weighted by atomic mass is 19.1. The van der Waals surface area contributed by atoms with E-state index in [-0.39, 0.29) is 17.8 Å². The molecule has 2 fully saturated rings. The molecule has 0 aromatic heterocycles. The maximum atomic E-state index is 12.8. The topological polar surface area (TPSA) is 46.3 Å². The van der Waals surface area contributed by atoms with Crippen LogP contribution < -0.4 is 5.73 Å². The van der Waals surface area contributed by atoms with Crippen molar-refractivity contribution in [2.45, 2.75) is 38.1 Å². The Morgan fingerprint density at radius 1 is 1.24 bits per heavy atom. The van der Waals surface area contributed by atoms with Crippen LogP contribution in [0.5, 0.6) is 0 Å². The van der Waals surface area contributed by atoms with E-state index in [0.29, 0.717) is 12.3 Å². The molecule has 21 heavy (non-hydrogen) atoms. The number of nitrogens with two attached hydrogens (primary N) is 1. The van der Waals surface area contributed by atoms with Crippen molar-refractivity contribution >= 4 is 5.91 Å². The summed E-state index contributed by atoms with van der Waals surface area (Å²) in [6.07, 6.45) is 4.75. The van der Waals surface area contributed by atoms with Crippen molar-refractivity contribution in [1.82, 2.24) is 4.90 Å². The van der Waals surface area contributed by atoms with Crippen molar-refractivity contribution in [3.05, 3.63) is 35.6 Å². The molecule has 1 amide bonds. The zero-order valence-corrected chi connectivity index (χ0v) is 12.3. The van der Waals surface area contributed by atoms with Crippen molar-refractivity contribution in [3.63, 3.8) is 0 Å². The van der Waals surface area contributed by atoms with Crippen LogP contribution in [0.3, 0.4) is 0 Å². The average molecular weight is 290 g/mol. The predicted octanol–water partition coefficient (Wildman–Crippen LogP) is 2.34. The number of nitrogens with zero attached hydrogens (tertiary/aromatic N) is 1. The minimum atomic E-state index is -0.216. The molecule has 1 aliphatic carbocycles. The van der Waals surface area contributed by atoms with Crippen molar-refractivity contribution in [2.24, 2.45) is 17.6 Å². The second-order valence-electron chi connectivity index (χ2n) is 6.44. The Hall–Kier alpha value is -1.42. The Morgan fingerprint density at radius 2 is 1.95 bits per heavy atom. The van der Waals surface area contributed by atoms with E-state index in [1.165, 1.54) is 25.0 Å². The lowest BCUT2D eigenvalue weighted by Crippen LogP contribution is -2.32. The lowest BCUT2D eigenvalue weighted by Gasteiger charge is -2.16. The minimum Gasteiger partial charge on any atom is -0.341 e. The summed E-state index contributed by atoms with van der Waals surface area (Å²) < 4.78 is 12.8. The summed E-state index contributed by atoms with van der Waals surface area (Å²) in [6.45, 7) is 1.57. The lowest BCUT2D eigenvalue weighted by atomic mass is 9.99. The summed E-state index contributed by atoms with van der Waals surface area (Å²) in [5.74, 6) is 1.28. The molecule has 2 aliphatic rings.